The Morgan fingerprint density at radius 1 is 1.09 bits per heavy atom. The predicted molar refractivity (Wildman–Crippen MR) is 83.8 cm³/mol. The third-order valence-electron chi connectivity index (χ3n) is 3.24. The summed E-state index contributed by atoms with van der Waals surface area (Å²) in [7, 11) is 3.09. The quantitative estimate of drug-likeness (QED) is 0.653. The molecule has 1 N–H and O–H groups in total. The van der Waals surface area contributed by atoms with E-state index in [-0.39, 0.29) is 11.6 Å². The van der Waals surface area contributed by atoms with Gasteiger partial charge in [0.1, 0.15) is 0 Å². The molecular weight excluding hydrogens is 300 g/mol. The molecule has 23 heavy (non-hydrogen) atoms. The monoisotopic (exact) mass is 316 g/mol. The second-order valence-corrected chi connectivity index (χ2v) is 4.68. The third-order valence-corrected chi connectivity index (χ3v) is 3.24. The van der Waals surface area contributed by atoms with Gasteiger partial charge in [0, 0.05) is 24.2 Å². The van der Waals surface area contributed by atoms with E-state index < -0.39 is 4.92 Å². The Bertz CT molecular complexity index is 713. The Balaban J connectivity index is 2.02. The van der Waals surface area contributed by atoms with Gasteiger partial charge < -0.3 is 14.8 Å². The van der Waals surface area contributed by atoms with Gasteiger partial charge in [0.05, 0.1) is 19.1 Å². The molecule has 2 rings (SSSR count). The lowest BCUT2D eigenvalue weighted by Gasteiger charge is -2.10. The average Bonchev–Trinajstić information content (AvgIpc) is 2.59. The van der Waals surface area contributed by atoms with Gasteiger partial charge in [0.15, 0.2) is 11.5 Å². The Hall–Kier alpha value is -3.09. The zero-order valence-corrected chi connectivity index (χ0v) is 12.7. The zero-order chi connectivity index (χ0) is 16.8. The minimum atomic E-state index is -0.509. The topological polar surface area (TPSA) is 90.7 Å². The van der Waals surface area contributed by atoms with Gasteiger partial charge in [0.2, 0.25) is 0 Å². The van der Waals surface area contributed by atoms with E-state index in [9.17, 15) is 14.9 Å². The van der Waals surface area contributed by atoms with E-state index in [1.165, 1.54) is 31.4 Å². The molecule has 2 aromatic rings. The summed E-state index contributed by atoms with van der Waals surface area (Å²) in [5.41, 5.74) is 1.15. The van der Waals surface area contributed by atoms with E-state index in [4.69, 9.17) is 9.47 Å². The lowest BCUT2D eigenvalue weighted by molar-refractivity contribution is -0.384. The number of benzene rings is 2. The first-order valence-corrected chi connectivity index (χ1v) is 6.78. The van der Waals surface area contributed by atoms with E-state index in [1.807, 2.05) is 6.07 Å². The van der Waals surface area contributed by atoms with Crippen LogP contribution in [0, 0.1) is 10.1 Å². The molecule has 0 spiro atoms. The molecule has 2 aromatic carbocycles. The van der Waals surface area contributed by atoms with Crippen LogP contribution < -0.4 is 14.8 Å². The number of non-ortho nitro benzene ring substituents is 1. The third kappa shape index (κ3) is 3.97. The van der Waals surface area contributed by atoms with Crippen LogP contribution in [0.3, 0.4) is 0 Å². The number of nitrogens with one attached hydrogen (secondary N) is 1. The Morgan fingerprint density at radius 2 is 1.74 bits per heavy atom. The second-order valence-electron chi connectivity index (χ2n) is 4.68. The summed E-state index contributed by atoms with van der Waals surface area (Å²) in [6.07, 6.45) is 0. The van der Waals surface area contributed by atoms with Crippen molar-refractivity contribution in [1.29, 1.82) is 0 Å². The summed E-state index contributed by atoms with van der Waals surface area (Å²) in [6.45, 7) is 0.302. The summed E-state index contributed by atoms with van der Waals surface area (Å²) >= 11 is 0. The first-order valence-electron chi connectivity index (χ1n) is 6.78. The molecule has 0 aliphatic rings. The van der Waals surface area contributed by atoms with E-state index >= 15 is 0 Å². The first-order chi connectivity index (χ1) is 11.0. The molecule has 0 saturated carbocycles. The minimum Gasteiger partial charge on any atom is -0.493 e. The normalized spacial score (nSPS) is 10.0. The molecule has 0 aromatic heterocycles. The van der Waals surface area contributed by atoms with Crippen LogP contribution in [0.5, 0.6) is 11.5 Å². The highest BCUT2D eigenvalue weighted by Crippen LogP contribution is 2.27. The fourth-order valence-electron chi connectivity index (χ4n) is 2.01. The molecule has 0 aliphatic heterocycles. The van der Waals surface area contributed by atoms with Crippen molar-refractivity contribution in [2.75, 3.05) is 14.2 Å². The number of hydrogen-bond acceptors (Lipinski definition) is 5. The average molecular weight is 316 g/mol. The van der Waals surface area contributed by atoms with Gasteiger partial charge >= 0.3 is 0 Å². The number of nitrogens with zero attached hydrogens (tertiary/aromatic N) is 1. The SMILES string of the molecule is COc1ccc(CNC(=O)c2ccc([N+](=O)[O-])cc2)cc1OC. The van der Waals surface area contributed by atoms with Crippen molar-refractivity contribution in [3.8, 4) is 11.5 Å². The Labute approximate surface area is 133 Å². The van der Waals surface area contributed by atoms with Crippen LogP contribution in [0.1, 0.15) is 15.9 Å². The molecule has 1 amide bonds. The van der Waals surface area contributed by atoms with Gasteiger partial charge in [-0.3, -0.25) is 14.9 Å². The van der Waals surface area contributed by atoms with Crippen LogP contribution in [0.4, 0.5) is 5.69 Å². The maximum Gasteiger partial charge on any atom is 0.269 e. The van der Waals surface area contributed by atoms with E-state index in [2.05, 4.69) is 5.32 Å². The van der Waals surface area contributed by atoms with E-state index in [0.29, 0.717) is 23.6 Å². The second kappa shape index (κ2) is 7.26. The lowest BCUT2D eigenvalue weighted by Crippen LogP contribution is -2.22. The molecule has 0 fully saturated rings. The summed E-state index contributed by atoms with van der Waals surface area (Å²) < 4.78 is 10.4. The molecule has 0 radical (unpaired) electrons. The Kier molecular flexibility index (Phi) is 5.14. The summed E-state index contributed by atoms with van der Waals surface area (Å²) in [6, 6.07) is 10.8. The van der Waals surface area contributed by atoms with Crippen LogP contribution in [-0.2, 0) is 6.54 Å². The standard InChI is InChI=1S/C16H16N2O5/c1-22-14-8-3-11(9-15(14)23-2)10-17-16(19)12-4-6-13(7-5-12)18(20)21/h3-9H,10H2,1-2H3,(H,17,19). The minimum absolute atomic E-state index is 0.0542. The molecule has 0 aliphatic carbocycles. The number of carbonyl (C=O) groups is 1. The molecule has 0 atom stereocenters. The molecule has 120 valence electrons. The molecule has 7 heteroatoms. The highest BCUT2D eigenvalue weighted by molar-refractivity contribution is 5.94. The maximum absolute atomic E-state index is 12.0. The van der Waals surface area contributed by atoms with Gasteiger partial charge in [-0.25, -0.2) is 0 Å². The van der Waals surface area contributed by atoms with E-state index in [1.54, 1.807) is 19.2 Å². The fourth-order valence-corrected chi connectivity index (χ4v) is 2.01. The fraction of sp³-hybridized carbons (Fsp3) is 0.188. The summed E-state index contributed by atoms with van der Waals surface area (Å²) in [5, 5.41) is 13.3. The molecule has 0 unspecified atom stereocenters. The highest BCUT2D eigenvalue weighted by Gasteiger charge is 2.10. The molecule has 0 bridgehead atoms. The van der Waals surface area contributed by atoms with Crippen molar-refractivity contribution in [2.45, 2.75) is 6.54 Å². The van der Waals surface area contributed by atoms with Crippen LogP contribution in [-0.4, -0.2) is 25.1 Å². The van der Waals surface area contributed by atoms with Crippen molar-refractivity contribution >= 4 is 11.6 Å². The van der Waals surface area contributed by atoms with Crippen molar-refractivity contribution in [2.24, 2.45) is 0 Å². The highest BCUT2D eigenvalue weighted by atomic mass is 16.6. The number of methoxy groups -OCH3 is 2. The summed E-state index contributed by atoms with van der Waals surface area (Å²) in [4.78, 5) is 22.1. The number of hydrogen-bond donors (Lipinski definition) is 1. The lowest BCUT2D eigenvalue weighted by atomic mass is 10.1. The van der Waals surface area contributed by atoms with Gasteiger partial charge in [-0.15, -0.1) is 0 Å². The zero-order valence-electron chi connectivity index (χ0n) is 12.7. The van der Waals surface area contributed by atoms with Crippen molar-refractivity contribution in [3.63, 3.8) is 0 Å². The first kappa shape index (κ1) is 16.3. The van der Waals surface area contributed by atoms with Gasteiger partial charge in [-0.1, -0.05) is 6.07 Å². The molecule has 0 saturated heterocycles. The Morgan fingerprint density at radius 3 is 2.30 bits per heavy atom. The van der Waals surface area contributed by atoms with Crippen molar-refractivity contribution in [3.05, 3.63) is 63.7 Å². The largest absolute Gasteiger partial charge is 0.493 e. The molecule has 7 nitrogen and oxygen atoms in total. The van der Waals surface area contributed by atoms with Crippen molar-refractivity contribution in [1.82, 2.24) is 5.32 Å². The molecular formula is C16H16N2O5. The van der Waals surface area contributed by atoms with Crippen LogP contribution in [0.25, 0.3) is 0 Å². The number of nitro benzene ring substituents is 1. The number of rotatable bonds is 6. The smallest absolute Gasteiger partial charge is 0.269 e. The predicted octanol–water partition coefficient (Wildman–Crippen LogP) is 2.54. The van der Waals surface area contributed by atoms with E-state index in [0.717, 1.165) is 5.56 Å². The summed E-state index contributed by atoms with van der Waals surface area (Å²) in [5.74, 6) is 0.877. The van der Waals surface area contributed by atoms with Gasteiger partial charge in [0.25, 0.3) is 11.6 Å². The van der Waals surface area contributed by atoms with Crippen LogP contribution >= 0.6 is 0 Å². The number of nitro groups is 1. The number of amides is 1. The molecule has 0 heterocycles. The number of ether oxygens (including phenoxy) is 2. The maximum atomic E-state index is 12.0. The van der Waals surface area contributed by atoms with Crippen LogP contribution in [0.15, 0.2) is 42.5 Å². The number of carbonyl (C=O) groups excluding carboxylic acids is 1. The van der Waals surface area contributed by atoms with Gasteiger partial charge in [-0.2, -0.15) is 0 Å². The van der Waals surface area contributed by atoms with Crippen LogP contribution in [0.2, 0.25) is 0 Å². The van der Waals surface area contributed by atoms with Crippen molar-refractivity contribution < 1.29 is 19.2 Å². The van der Waals surface area contributed by atoms with Gasteiger partial charge in [-0.05, 0) is 29.8 Å².